The topological polar surface area (TPSA) is 33.7 Å². The van der Waals surface area contributed by atoms with Crippen LogP contribution in [0, 0.1) is 11.8 Å². The molecule has 130 valence electrons. The summed E-state index contributed by atoms with van der Waals surface area (Å²) < 4.78 is 11.9. The van der Waals surface area contributed by atoms with E-state index in [9.17, 15) is 0 Å². The molecule has 0 radical (unpaired) electrons. The highest BCUT2D eigenvalue weighted by molar-refractivity contribution is 7.80. The van der Waals surface area contributed by atoms with Gasteiger partial charge >= 0.3 is 0 Å². The van der Waals surface area contributed by atoms with E-state index in [2.05, 4.69) is 17.1 Å². The molecule has 0 unspecified atom stereocenters. The molecular weight excluding hydrogens is 320 g/mol. The molecule has 2 aliphatic carbocycles. The Balaban J connectivity index is 1.33. The van der Waals surface area contributed by atoms with E-state index in [1.165, 1.54) is 25.7 Å². The zero-order valence-electron chi connectivity index (χ0n) is 14.2. The molecule has 0 saturated heterocycles. The molecule has 0 aromatic heterocycles. The van der Waals surface area contributed by atoms with Gasteiger partial charge in [-0.15, -0.1) is 0 Å². The Morgan fingerprint density at radius 3 is 2.79 bits per heavy atom. The van der Waals surface area contributed by atoms with Crippen LogP contribution >= 0.6 is 12.2 Å². The van der Waals surface area contributed by atoms with Crippen LogP contribution in [0.5, 0.6) is 11.5 Å². The number of likely N-dealkylation sites (N-methyl/N-ethyl adjacent to an activating group) is 1. The van der Waals surface area contributed by atoms with Crippen molar-refractivity contribution in [2.45, 2.75) is 44.8 Å². The van der Waals surface area contributed by atoms with Gasteiger partial charge in [0.05, 0.1) is 6.54 Å². The van der Waals surface area contributed by atoms with Crippen molar-refractivity contribution in [3.63, 3.8) is 0 Å². The van der Waals surface area contributed by atoms with E-state index >= 15 is 0 Å². The molecule has 4 nitrogen and oxygen atoms in total. The smallest absolute Gasteiger partial charge is 0.169 e. The number of hydrogen-bond acceptors (Lipinski definition) is 3. The fraction of sp³-hybridized carbons (Fsp3) is 0.632. The van der Waals surface area contributed by atoms with E-state index in [1.54, 1.807) is 0 Å². The molecule has 4 atom stereocenters. The van der Waals surface area contributed by atoms with E-state index in [0.717, 1.165) is 41.5 Å². The highest BCUT2D eigenvalue weighted by Crippen LogP contribution is 2.44. The summed E-state index contributed by atoms with van der Waals surface area (Å²) in [6, 6.07) is 8.43. The Morgan fingerprint density at radius 1 is 1.25 bits per heavy atom. The van der Waals surface area contributed by atoms with Gasteiger partial charge in [-0.25, -0.2) is 0 Å². The first-order valence-electron chi connectivity index (χ1n) is 9.17. The summed E-state index contributed by atoms with van der Waals surface area (Å²) >= 11 is 5.69. The maximum Gasteiger partial charge on any atom is 0.169 e. The van der Waals surface area contributed by atoms with E-state index in [4.69, 9.17) is 21.7 Å². The Labute approximate surface area is 149 Å². The first-order chi connectivity index (χ1) is 11.7. The van der Waals surface area contributed by atoms with E-state index in [1.807, 2.05) is 24.3 Å². The van der Waals surface area contributed by atoms with Crippen molar-refractivity contribution >= 4 is 17.3 Å². The monoisotopic (exact) mass is 346 g/mol. The molecule has 1 N–H and O–H groups in total. The molecule has 24 heavy (non-hydrogen) atoms. The summed E-state index contributed by atoms with van der Waals surface area (Å²) in [7, 11) is 0. The Hall–Kier alpha value is -1.49. The summed E-state index contributed by atoms with van der Waals surface area (Å²) in [4.78, 5) is 2.21. The minimum Gasteiger partial charge on any atom is -0.486 e. The summed E-state index contributed by atoms with van der Waals surface area (Å²) in [6.45, 7) is 4.36. The molecular formula is C19H26N2O2S. The number of nitrogens with one attached hydrogen (secondary N) is 1. The number of fused-ring (bicyclic) bond motifs is 3. The van der Waals surface area contributed by atoms with Crippen molar-refractivity contribution in [1.29, 1.82) is 0 Å². The molecule has 1 aliphatic heterocycles. The van der Waals surface area contributed by atoms with Crippen LogP contribution in [0.1, 0.15) is 32.6 Å². The van der Waals surface area contributed by atoms with Crippen LogP contribution in [-0.2, 0) is 0 Å². The molecule has 2 bridgehead atoms. The third-order valence-electron chi connectivity index (χ3n) is 5.71. The van der Waals surface area contributed by atoms with Crippen LogP contribution in [0.25, 0.3) is 0 Å². The Kier molecular flexibility index (Phi) is 4.53. The van der Waals surface area contributed by atoms with Crippen LogP contribution in [0.3, 0.4) is 0 Å². The number of hydrogen-bond donors (Lipinski definition) is 1. The van der Waals surface area contributed by atoms with Crippen LogP contribution in [0.4, 0.5) is 0 Å². The fourth-order valence-electron chi connectivity index (χ4n) is 4.43. The van der Waals surface area contributed by atoms with Gasteiger partial charge in [0.15, 0.2) is 22.7 Å². The number of nitrogens with zero attached hydrogens (tertiary/aromatic N) is 1. The number of para-hydroxylation sites is 2. The molecule has 0 spiro atoms. The molecule has 2 fully saturated rings. The van der Waals surface area contributed by atoms with Crippen molar-refractivity contribution in [2.24, 2.45) is 11.8 Å². The number of ether oxygens (including phenoxy) is 2. The average Bonchev–Trinajstić information content (AvgIpc) is 3.22. The third-order valence-corrected chi connectivity index (χ3v) is 6.08. The van der Waals surface area contributed by atoms with E-state index < -0.39 is 0 Å². The van der Waals surface area contributed by atoms with Crippen LogP contribution in [0.15, 0.2) is 24.3 Å². The number of rotatable bonds is 4. The predicted molar refractivity (Wildman–Crippen MR) is 98.6 cm³/mol. The summed E-state index contributed by atoms with van der Waals surface area (Å²) in [5.74, 6) is 3.42. The van der Waals surface area contributed by atoms with Gasteiger partial charge in [0, 0.05) is 12.6 Å². The molecule has 1 heterocycles. The van der Waals surface area contributed by atoms with Gasteiger partial charge in [0.1, 0.15) is 6.61 Å². The van der Waals surface area contributed by atoms with Gasteiger partial charge in [-0.1, -0.05) is 18.6 Å². The third kappa shape index (κ3) is 3.18. The number of benzene rings is 1. The average molecular weight is 346 g/mol. The van der Waals surface area contributed by atoms with Crippen molar-refractivity contribution < 1.29 is 9.47 Å². The lowest BCUT2D eigenvalue weighted by atomic mass is 9.95. The molecule has 1 aromatic rings. The highest BCUT2D eigenvalue weighted by Gasteiger charge is 2.40. The molecule has 3 aliphatic rings. The normalized spacial score (nSPS) is 30.2. The largest absolute Gasteiger partial charge is 0.486 e. The summed E-state index contributed by atoms with van der Waals surface area (Å²) in [5, 5.41) is 4.50. The van der Waals surface area contributed by atoms with Crippen LogP contribution in [-0.4, -0.2) is 41.9 Å². The van der Waals surface area contributed by atoms with Gasteiger partial charge in [0.25, 0.3) is 0 Å². The van der Waals surface area contributed by atoms with E-state index in [-0.39, 0.29) is 6.10 Å². The van der Waals surface area contributed by atoms with E-state index in [0.29, 0.717) is 12.6 Å². The molecule has 4 rings (SSSR count). The fourth-order valence-corrected chi connectivity index (χ4v) is 4.78. The quantitative estimate of drug-likeness (QED) is 0.847. The second kappa shape index (κ2) is 6.79. The standard InChI is InChI=1S/C19H26N2O2S/c1-2-21(19(24)20-16-10-13-7-8-14(16)9-13)11-15-12-22-17-5-3-4-6-18(17)23-15/h3-6,13-16H,2,7-12H2,1H3,(H,20,24)/t13-,14-,15-,16+/m0/s1. The SMILES string of the molecule is CCN(C[C@H]1COc2ccccc2O1)C(=S)N[C@@H]1C[C@H]2CC[C@H]1C2. The molecule has 1 aromatic carbocycles. The van der Waals surface area contributed by atoms with Crippen molar-refractivity contribution in [2.75, 3.05) is 19.7 Å². The van der Waals surface area contributed by atoms with Crippen molar-refractivity contribution in [3.05, 3.63) is 24.3 Å². The second-order valence-electron chi connectivity index (χ2n) is 7.27. The summed E-state index contributed by atoms with van der Waals surface area (Å²) in [6.07, 6.45) is 5.48. The lowest BCUT2D eigenvalue weighted by molar-refractivity contribution is 0.0746. The first kappa shape index (κ1) is 16.0. The van der Waals surface area contributed by atoms with Gasteiger partial charge in [-0.3, -0.25) is 0 Å². The molecule has 0 amide bonds. The lowest BCUT2D eigenvalue weighted by Crippen LogP contribution is -2.50. The minimum atomic E-state index is 0.0135. The first-order valence-corrected chi connectivity index (χ1v) is 9.57. The van der Waals surface area contributed by atoms with Gasteiger partial charge < -0.3 is 19.7 Å². The molecule has 2 saturated carbocycles. The predicted octanol–water partition coefficient (Wildman–Crippen LogP) is 3.21. The van der Waals surface area contributed by atoms with Gasteiger partial charge in [-0.05, 0) is 62.4 Å². The van der Waals surface area contributed by atoms with Crippen molar-refractivity contribution in [3.8, 4) is 11.5 Å². The van der Waals surface area contributed by atoms with Gasteiger partial charge in [-0.2, -0.15) is 0 Å². The van der Waals surface area contributed by atoms with Crippen LogP contribution < -0.4 is 14.8 Å². The van der Waals surface area contributed by atoms with Gasteiger partial charge in [0.2, 0.25) is 0 Å². The zero-order chi connectivity index (χ0) is 16.5. The molecule has 5 heteroatoms. The Bertz CT molecular complexity index is 609. The minimum absolute atomic E-state index is 0.0135. The maximum atomic E-state index is 6.08. The summed E-state index contributed by atoms with van der Waals surface area (Å²) in [5.41, 5.74) is 0. The maximum absolute atomic E-state index is 6.08. The van der Waals surface area contributed by atoms with Crippen molar-refractivity contribution in [1.82, 2.24) is 10.2 Å². The highest BCUT2D eigenvalue weighted by atomic mass is 32.1. The number of thiocarbonyl (C=S) groups is 1. The second-order valence-corrected chi connectivity index (χ2v) is 7.65. The van der Waals surface area contributed by atoms with Crippen LogP contribution in [0.2, 0.25) is 0 Å². The zero-order valence-corrected chi connectivity index (χ0v) is 15.1. The Morgan fingerprint density at radius 2 is 2.08 bits per heavy atom. The lowest BCUT2D eigenvalue weighted by Gasteiger charge is -2.34.